The van der Waals surface area contributed by atoms with Crippen molar-refractivity contribution >= 4 is 68.7 Å². The zero-order chi connectivity index (χ0) is 20.8. The van der Waals surface area contributed by atoms with Gasteiger partial charge in [0.15, 0.2) is 7.91 Å². The van der Waals surface area contributed by atoms with Crippen molar-refractivity contribution in [3.05, 3.63) is 79.7 Å². The highest BCUT2D eigenvalue weighted by Gasteiger charge is 2.31. The summed E-state index contributed by atoms with van der Waals surface area (Å²) in [7, 11) is 3.61. The van der Waals surface area contributed by atoms with Gasteiger partial charge in [0, 0.05) is 0 Å². The molecule has 0 aliphatic carbocycles. The van der Waals surface area contributed by atoms with Crippen LogP contribution in [-0.2, 0) is 0 Å². The summed E-state index contributed by atoms with van der Waals surface area (Å²) in [4.78, 5) is 2.52. The summed E-state index contributed by atoms with van der Waals surface area (Å²) in [6, 6.07) is 21.5. The molecule has 0 amide bonds. The third-order valence-corrected chi connectivity index (χ3v) is 11.0. The third-order valence-electron chi connectivity index (χ3n) is 5.34. The summed E-state index contributed by atoms with van der Waals surface area (Å²) in [5.41, 5.74) is 2.54. The fourth-order valence-electron chi connectivity index (χ4n) is 3.70. The lowest BCUT2D eigenvalue weighted by molar-refractivity contribution is 0.587. The van der Waals surface area contributed by atoms with Gasteiger partial charge in [-0.15, -0.1) is 22.7 Å². The van der Waals surface area contributed by atoms with Crippen molar-refractivity contribution in [2.75, 3.05) is 0 Å². The second kappa shape index (κ2) is 8.41. The van der Waals surface area contributed by atoms with Gasteiger partial charge in [0.25, 0.3) is 0 Å². The summed E-state index contributed by atoms with van der Waals surface area (Å²) in [5.74, 6) is 0. The topological polar surface area (TPSA) is 9.86 Å². The van der Waals surface area contributed by atoms with Gasteiger partial charge >= 0.3 is 0 Å². The van der Waals surface area contributed by atoms with Gasteiger partial charge in [0.2, 0.25) is 0 Å². The maximum absolute atomic E-state index is 5.82. The lowest BCUT2D eigenvalue weighted by Gasteiger charge is -2.22. The van der Waals surface area contributed by atoms with Gasteiger partial charge in [0.1, 0.15) is 10.1 Å². The zero-order valence-electron chi connectivity index (χ0n) is 16.3. The van der Waals surface area contributed by atoms with Gasteiger partial charge in [-0.3, -0.25) is 0 Å². The predicted octanol–water partition coefficient (Wildman–Crippen LogP) is 8.87. The minimum absolute atomic E-state index is 0.201. The largest absolute Gasteiger partial charge is 0.310 e. The molecule has 0 fully saturated rings. The van der Waals surface area contributed by atoms with E-state index in [2.05, 4.69) is 83.6 Å². The van der Waals surface area contributed by atoms with Crippen LogP contribution in [0.15, 0.2) is 70.7 Å². The van der Waals surface area contributed by atoms with Gasteiger partial charge in [-0.25, -0.2) is 0 Å². The van der Waals surface area contributed by atoms with Crippen LogP contribution in [0.3, 0.4) is 0 Å². The first-order valence-electron chi connectivity index (χ1n) is 9.51. The summed E-state index contributed by atoms with van der Waals surface area (Å²) < 4.78 is 6.44. The molecule has 0 saturated carbocycles. The fourth-order valence-corrected chi connectivity index (χ4v) is 10.5. The van der Waals surface area contributed by atoms with E-state index in [1.54, 1.807) is 44.3 Å². The molecule has 2 aromatic carbocycles. The van der Waals surface area contributed by atoms with Crippen LogP contribution in [0.5, 0.6) is 0 Å². The van der Waals surface area contributed by atoms with E-state index < -0.39 is 0 Å². The molecule has 0 N–H and O–H groups in total. The molecule has 8 heteroatoms. The van der Waals surface area contributed by atoms with Crippen LogP contribution < -0.4 is 0 Å². The molecule has 0 spiro atoms. The van der Waals surface area contributed by atoms with E-state index in [1.165, 1.54) is 30.9 Å². The van der Waals surface area contributed by atoms with E-state index in [9.17, 15) is 0 Å². The Morgan fingerprint density at radius 3 is 1.37 bits per heavy atom. The van der Waals surface area contributed by atoms with E-state index in [0.717, 1.165) is 7.91 Å². The molecule has 0 unspecified atom stereocenters. The van der Waals surface area contributed by atoms with Crippen LogP contribution in [0.4, 0.5) is 0 Å². The number of hydrogen-bond donors (Lipinski definition) is 0. The van der Waals surface area contributed by atoms with Crippen molar-refractivity contribution in [3.8, 4) is 9.75 Å². The van der Waals surface area contributed by atoms with E-state index in [0.29, 0.717) is 0 Å². The number of thiazole rings is 2. The lowest BCUT2D eigenvalue weighted by Crippen LogP contribution is -2.10. The Hall–Kier alpha value is -1.16. The molecule has 2 aromatic heterocycles. The van der Waals surface area contributed by atoms with Crippen LogP contribution in [0.2, 0.25) is 0 Å². The normalized spacial score (nSPS) is 14.7. The van der Waals surface area contributed by atoms with Crippen LogP contribution in [0, 0.1) is 7.91 Å². The molecule has 3 heterocycles. The standard InChI is InChI=1S/C22H18N2S6/c1-13(15-9-5-3-6-10-15)23-19-17(27-21(23)25)18-20(30-29-19)24(22(26)28-18)14(2)16-11-7-4-8-12-16/h3-14H,1-2H3/t13-,14-/m1/s1. The van der Waals surface area contributed by atoms with Gasteiger partial charge < -0.3 is 9.13 Å². The predicted molar refractivity (Wildman–Crippen MR) is 138 cm³/mol. The van der Waals surface area contributed by atoms with Crippen LogP contribution in [0.1, 0.15) is 37.1 Å². The Kier molecular flexibility index (Phi) is 5.81. The Labute approximate surface area is 202 Å². The van der Waals surface area contributed by atoms with Gasteiger partial charge in [-0.2, -0.15) is 0 Å². The van der Waals surface area contributed by atoms with E-state index in [-0.39, 0.29) is 12.1 Å². The second-order valence-electron chi connectivity index (χ2n) is 7.08. The molecule has 4 aromatic rings. The number of rotatable bonds is 4. The maximum atomic E-state index is 5.82. The Bertz CT molecular complexity index is 1210. The highest BCUT2D eigenvalue weighted by atomic mass is 33.1. The third kappa shape index (κ3) is 3.47. The second-order valence-corrected chi connectivity index (χ2v) is 12.5. The lowest BCUT2D eigenvalue weighted by atomic mass is 10.1. The van der Waals surface area contributed by atoms with Crippen molar-refractivity contribution in [3.63, 3.8) is 0 Å². The Balaban J connectivity index is 1.62. The number of aromatic nitrogens is 2. The van der Waals surface area contributed by atoms with E-state index in [1.807, 2.05) is 0 Å². The molecule has 2 nitrogen and oxygen atoms in total. The molecule has 30 heavy (non-hydrogen) atoms. The van der Waals surface area contributed by atoms with Crippen molar-refractivity contribution in [2.24, 2.45) is 0 Å². The molecular formula is C22H18N2S6. The average molecular weight is 503 g/mol. The quantitative estimate of drug-likeness (QED) is 0.203. The smallest absolute Gasteiger partial charge is 0.163 e. The minimum Gasteiger partial charge on any atom is -0.310 e. The molecular weight excluding hydrogens is 485 g/mol. The van der Waals surface area contributed by atoms with Crippen LogP contribution >= 0.6 is 68.7 Å². The Morgan fingerprint density at radius 2 is 1.00 bits per heavy atom. The zero-order valence-corrected chi connectivity index (χ0v) is 21.2. The fraction of sp³-hybridized carbons (Fsp3) is 0.182. The molecule has 152 valence electrons. The average Bonchev–Trinajstić information content (AvgIpc) is 3.29. The van der Waals surface area contributed by atoms with Crippen LogP contribution in [0.25, 0.3) is 9.75 Å². The maximum Gasteiger partial charge on any atom is 0.163 e. The molecule has 0 radical (unpaired) electrons. The summed E-state index contributed by atoms with van der Waals surface area (Å²) >= 11 is 15.1. The molecule has 0 bridgehead atoms. The molecule has 1 aliphatic rings. The molecule has 1 aliphatic heterocycles. The summed E-state index contributed by atoms with van der Waals surface area (Å²) in [5, 5.41) is 2.49. The van der Waals surface area contributed by atoms with Crippen LogP contribution in [-0.4, -0.2) is 9.13 Å². The first-order chi connectivity index (χ1) is 14.6. The van der Waals surface area contributed by atoms with Crippen molar-refractivity contribution < 1.29 is 0 Å². The number of nitrogens with zero attached hydrogens (tertiary/aromatic N) is 2. The Morgan fingerprint density at radius 1 is 0.633 bits per heavy atom. The number of benzene rings is 2. The van der Waals surface area contributed by atoms with Crippen molar-refractivity contribution in [1.29, 1.82) is 0 Å². The van der Waals surface area contributed by atoms with E-state index in [4.69, 9.17) is 24.4 Å². The van der Waals surface area contributed by atoms with Gasteiger partial charge in [-0.1, -0.05) is 60.7 Å². The monoisotopic (exact) mass is 502 g/mol. The summed E-state index contributed by atoms with van der Waals surface area (Å²) in [6.07, 6.45) is 0. The highest BCUT2D eigenvalue weighted by molar-refractivity contribution is 8.76. The van der Waals surface area contributed by atoms with E-state index >= 15 is 0 Å². The SMILES string of the molecule is C[C@H](c1ccccc1)n1c2c(sc1=S)-c1sc(=S)n([C@H](C)c3ccccc3)c1SS2. The van der Waals surface area contributed by atoms with Crippen molar-refractivity contribution in [1.82, 2.24) is 9.13 Å². The number of hydrogen-bond acceptors (Lipinski definition) is 6. The van der Waals surface area contributed by atoms with Crippen molar-refractivity contribution in [2.45, 2.75) is 36.0 Å². The summed E-state index contributed by atoms with van der Waals surface area (Å²) in [6.45, 7) is 4.45. The number of fused-ring (bicyclic) bond motifs is 3. The minimum atomic E-state index is 0.201. The van der Waals surface area contributed by atoms with Gasteiger partial charge in [-0.05, 0) is 71.0 Å². The molecule has 5 rings (SSSR count). The molecule has 2 atom stereocenters. The first-order valence-corrected chi connectivity index (χ1v) is 14.1. The highest BCUT2D eigenvalue weighted by Crippen LogP contribution is 2.57. The first kappa shape index (κ1) is 20.7. The molecule has 0 saturated heterocycles. The van der Waals surface area contributed by atoms with Gasteiger partial charge in [0.05, 0.1) is 21.8 Å².